The summed E-state index contributed by atoms with van der Waals surface area (Å²) < 4.78 is 0. The van der Waals surface area contributed by atoms with Crippen molar-refractivity contribution < 1.29 is 10.0 Å². The summed E-state index contributed by atoms with van der Waals surface area (Å²) in [4.78, 5) is 9.60. The standard InChI is InChI=1S/C6H13NO3/c1-3-4-6(8)5(2)7(9)10/h5-6,8H,3-4H2,1-2H3/t5-,6-/m1/s1. The van der Waals surface area contributed by atoms with E-state index in [0.29, 0.717) is 6.42 Å². The first-order valence-electron chi connectivity index (χ1n) is 3.41. The lowest BCUT2D eigenvalue weighted by Crippen LogP contribution is -2.30. The molecular formula is C6H13NO3. The van der Waals surface area contributed by atoms with Gasteiger partial charge in [0, 0.05) is 11.8 Å². The summed E-state index contributed by atoms with van der Waals surface area (Å²) in [6.45, 7) is 3.30. The third kappa shape index (κ3) is 2.77. The van der Waals surface area contributed by atoms with Crippen LogP contribution < -0.4 is 0 Å². The number of aliphatic hydroxyl groups is 1. The Kier molecular flexibility index (Phi) is 3.95. The molecule has 0 aromatic carbocycles. The molecule has 0 aromatic heterocycles. The number of hydrogen-bond acceptors (Lipinski definition) is 3. The van der Waals surface area contributed by atoms with Crippen molar-refractivity contribution in [2.24, 2.45) is 0 Å². The third-order valence-electron chi connectivity index (χ3n) is 1.47. The highest BCUT2D eigenvalue weighted by Crippen LogP contribution is 2.03. The lowest BCUT2D eigenvalue weighted by molar-refractivity contribution is -0.530. The number of nitrogens with zero attached hydrogens (tertiary/aromatic N) is 1. The molecule has 0 unspecified atom stereocenters. The molecule has 4 heteroatoms. The number of rotatable bonds is 4. The average molecular weight is 147 g/mol. The van der Waals surface area contributed by atoms with Gasteiger partial charge in [-0.3, -0.25) is 10.1 Å². The fourth-order valence-electron chi connectivity index (χ4n) is 0.677. The SMILES string of the molecule is CCC[C@@H](O)[C@@H](C)[N+](=O)[O-]. The smallest absolute Gasteiger partial charge is 0.235 e. The monoisotopic (exact) mass is 147 g/mol. The van der Waals surface area contributed by atoms with Crippen molar-refractivity contribution in [1.29, 1.82) is 0 Å². The van der Waals surface area contributed by atoms with Crippen molar-refractivity contribution in [2.45, 2.75) is 38.8 Å². The van der Waals surface area contributed by atoms with Crippen LogP contribution in [0, 0.1) is 10.1 Å². The topological polar surface area (TPSA) is 63.4 Å². The molecule has 10 heavy (non-hydrogen) atoms. The van der Waals surface area contributed by atoms with Gasteiger partial charge in [0.05, 0.1) is 0 Å². The van der Waals surface area contributed by atoms with Gasteiger partial charge in [-0.15, -0.1) is 0 Å². The highest BCUT2D eigenvalue weighted by atomic mass is 16.6. The maximum absolute atomic E-state index is 10.1. The van der Waals surface area contributed by atoms with Gasteiger partial charge in [0.1, 0.15) is 6.10 Å². The summed E-state index contributed by atoms with van der Waals surface area (Å²) in [5.41, 5.74) is 0. The molecule has 60 valence electrons. The van der Waals surface area contributed by atoms with E-state index in [2.05, 4.69) is 0 Å². The van der Waals surface area contributed by atoms with Crippen LogP contribution in [-0.2, 0) is 0 Å². The molecule has 0 fully saturated rings. The summed E-state index contributed by atoms with van der Waals surface area (Å²) in [6.07, 6.45) is 0.488. The van der Waals surface area contributed by atoms with E-state index in [9.17, 15) is 10.1 Å². The first-order chi connectivity index (χ1) is 4.59. The quantitative estimate of drug-likeness (QED) is 0.472. The maximum Gasteiger partial charge on any atom is 0.235 e. The molecule has 4 nitrogen and oxygen atoms in total. The minimum absolute atomic E-state index is 0.458. The molecular weight excluding hydrogens is 134 g/mol. The van der Waals surface area contributed by atoms with Crippen LogP contribution in [-0.4, -0.2) is 22.2 Å². The molecule has 0 aliphatic carbocycles. The predicted octanol–water partition coefficient (Wildman–Crippen LogP) is 0.813. The first-order valence-corrected chi connectivity index (χ1v) is 3.41. The zero-order valence-corrected chi connectivity index (χ0v) is 6.28. The summed E-state index contributed by atoms with van der Waals surface area (Å²) in [7, 11) is 0. The van der Waals surface area contributed by atoms with Crippen molar-refractivity contribution in [2.75, 3.05) is 0 Å². The molecule has 0 amide bonds. The summed E-state index contributed by atoms with van der Waals surface area (Å²) in [6, 6.07) is -0.833. The highest BCUT2D eigenvalue weighted by Gasteiger charge is 2.22. The van der Waals surface area contributed by atoms with Crippen LogP contribution in [0.2, 0.25) is 0 Å². The summed E-state index contributed by atoms with van der Waals surface area (Å²) in [5.74, 6) is 0. The molecule has 0 heterocycles. The zero-order chi connectivity index (χ0) is 8.15. The second kappa shape index (κ2) is 4.22. The van der Waals surface area contributed by atoms with Gasteiger partial charge in [0.2, 0.25) is 6.04 Å². The average Bonchev–Trinajstić information content (AvgIpc) is 1.87. The molecule has 0 bridgehead atoms. The van der Waals surface area contributed by atoms with Crippen molar-refractivity contribution in [1.82, 2.24) is 0 Å². The van der Waals surface area contributed by atoms with Gasteiger partial charge in [-0.25, -0.2) is 0 Å². The molecule has 1 N–H and O–H groups in total. The van der Waals surface area contributed by atoms with Crippen LogP contribution in [0.25, 0.3) is 0 Å². The van der Waals surface area contributed by atoms with Gasteiger partial charge in [0.25, 0.3) is 0 Å². The second-order valence-electron chi connectivity index (χ2n) is 2.38. The largest absolute Gasteiger partial charge is 0.386 e. The maximum atomic E-state index is 10.1. The summed E-state index contributed by atoms with van der Waals surface area (Å²) >= 11 is 0. The highest BCUT2D eigenvalue weighted by molar-refractivity contribution is 4.61. The Hall–Kier alpha value is -0.640. The molecule has 0 aromatic rings. The zero-order valence-electron chi connectivity index (χ0n) is 6.28. The fourth-order valence-corrected chi connectivity index (χ4v) is 0.677. The van der Waals surface area contributed by atoms with Gasteiger partial charge in [-0.05, 0) is 6.42 Å². The van der Waals surface area contributed by atoms with Crippen LogP contribution in [0.15, 0.2) is 0 Å². The molecule has 0 aliphatic heterocycles. The van der Waals surface area contributed by atoms with Crippen LogP contribution in [0.1, 0.15) is 26.7 Å². The number of hydrogen-bond donors (Lipinski definition) is 1. The Balaban J connectivity index is 3.69. The van der Waals surface area contributed by atoms with Gasteiger partial charge in [-0.2, -0.15) is 0 Å². The number of nitro groups is 1. The van der Waals surface area contributed by atoms with Crippen LogP contribution in [0.5, 0.6) is 0 Å². The first kappa shape index (κ1) is 9.36. The molecule has 0 saturated heterocycles. The molecule has 0 aliphatic rings. The van der Waals surface area contributed by atoms with Crippen LogP contribution in [0.4, 0.5) is 0 Å². The molecule has 0 radical (unpaired) electrons. The lowest BCUT2D eigenvalue weighted by Gasteiger charge is -2.09. The molecule has 0 saturated carbocycles. The Labute approximate surface area is 60.0 Å². The van der Waals surface area contributed by atoms with Crippen molar-refractivity contribution in [3.05, 3.63) is 10.1 Å². The van der Waals surface area contributed by atoms with Gasteiger partial charge in [-0.1, -0.05) is 13.3 Å². The van der Waals surface area contributed by atoms with E-state index < -0.39 is 17.1 Å². The van der Waals surface area contributed by atoms with E-state index in [1.165, 1.54) is 6.92 Å². The van der Waals surface area contributed by atoms with Crippen LogP contribution in [0.3, 0.4) is 0 Å². The van der Waals surface area contributed by atoms with Crippen molar-refractivity contribution in [3.63, 3.8) is 0 Å². The Morgan fingerprint density at radius 2 is 2.20 bits per heavy atom. The molecule has 0 rings (SSSR count). The minimum atomic E-state index is -0.833. The Morgan fingerprint density at radius 3 is 2.50 bits per heavy atom. The van der Waals surface area contributed by atoms with E-state index in [-0.39, 0.29) is 0 Å². The van der Waals surface area contributed by atoms with E-state index in [1.54, 1.807) is 0 Å². The van der Waals surface area contributed by atoms with Gasteiger partial charge < -0.3 is 5.11 Å². The second-order valence-corrected chi connectivity index (χ2v) is 2.38. The molecule has 0 spiro atoms. The molecule has 2 atom stereocenters. The predicted molar refractivity (Wildman–Crippen MR) is 37.4 cm³/mol. The third-order valence-corrected chi connectivity index (χ3v) is 1.47. The summed E-state index contributed by atoms with van der Waals surface area (Å²) in [5, 5.41) is 19.1. The fraction of sp³-hybridized carbons (Fsp3) is 1.00. The Morgan fingerprint density at radius 1 is 1.70 bits per heavy atom. The number of aliphatic hydroxyl groups excluding tert-OH is 1. The van der Waals surface area contributed by atoms with Crippen molar-refractivity contribution in [3.8, 4) is 0 Å². The minimum Gasteiger partial charge on any atom is -0.386 e. The lowest BCUT2D eigenvalue weighted by atomic mass is 10.1. The van der Waals surface area contributed by atoms with Crippen LogP contribution >= 0.6 is 0 Å². The van der Waals surface area contributed by atoms with E-state index >= 15 is 0 Å². The normalized spacial score (nSPS) is 16.3. The van der Waals surface area contributed by atoms with E-state index in [0.717, 1.165) is 6.42 Å². The van der Waals surface area contributed by atoms with Gasteiger partial charge >= 0.3 is 0 Å². The van der Waals surface area contributed by atoms with E-state index in [1.807, 2.05) is 6.92 Å². The Bertz CT molecular complexity index is 116. The van der Waals surface area contributed by atoms with Gasteiger partial charge in [0.15, 0.2) is 0 Å². The van der Waals surface area contributed by atoms with E-state index in [4.69, 9.17) is 5.11 Å². The van der Waals surface area contributed by atoms with Crippen molar-refractivity contribution >= 4 is 0 Å².